The van der Waals surface area contributed by atoms with E-state index in [9.17, 15) is 0 Å². The van der Waals surface area contributed by atoms with Crippen molar-refractivity contribution in [1.29, 1.82) is 0 Å². The van der Waals surface area contributed by atoms with Crippen LogP contribution in [0.15, 0.2) is 17.5 Å². The van der Waals surface area contributed by atoms with Gasteiger partial charge in [-0.25, -0.2) is 0 Å². The summed E-state index contributed by atoms with van der Waals surface area (Å²) in [5.74, 6) is 0.610. The van der Waals surface area contributed by atoms with E-state index in [-0.39, 0.29) is 18.3 Å². The van der Waals surface area contributed by atoms with Crippen molar-refractivity contribution in [3.63, 3.8) is 0 Å². The molecule has 1 aromatic rings. The predicted molar refractivity (Wildman–Crippen MR) is 81.9 cm³/mol. The molecule has 3 aliphatic rings. The van der Waals surface area contributed by atoms with Crippen LogP contribution in [0.3, 0.4) is 0 Å². The van der Waals surface area contributed by atoms with Crippen LogP contribution in [0.25, 0.3) is 0 Å². The molecule has 3 heterocycles. The molecule has 1 saturated carbocycles. The standard InChI is InChI=1S/C15H16Cl2N2O3/c16-10-5-18-6-11(17)13(10)14-9(4-12-20-7-21-12)15(22-19-14)8-2-1-3-8/h5-6,8-9,12,15H,1-4,7H2. The molecular formula is C15H16Cl2N2O3. The second-order valence-corrected chi connectivity index (χ2v) is 6.75. The number of rotatable bonds is 4. The molecule has 0 spiro atoms. The SMILES string of the molecule is Clc1cncc(Cl)c1C1=NOC(C2CCC2)C1CC1OCO1. The molecule has 0 bridgehead atoms. The van der Waals surface area contributed by atoms with Crippen molar-refractivity contribution in [2.24, 2.45) is 17.0 Å². The second kappa shape index (κ2) is 5.96. The predicted octanol–water partition coefficient (Wildman–Crippen LogP) is 3.63. The Morgan fingerprint density at radius 2 is 1.86 bits per heavy atom. The van der Waals surface area contributed by atoms with Crippen molar-refractivity contribution in [1.82, 2.24) is 4.98 Å². The van der Waals surface area contributed by atoms with Crippen LogP contribution >= 0.6 is 23.2 Å². The first-order chi connectivity index (χ1) is 10.7. The van der Waals surface area contributed by atoms with Crippen LogP contribution in [-0.4, -0.2) is 29.9 Å². The lowest BCUT2D eigenvalue weighted by Gasteiger charge is -2.36. The third kappa shape index (κ3) is 2.50. The molecule has 0 aromatic carbocycles. The largest absolute Gasteiger partial charge is 0.391 e. The number of halogens is 2. The molecular weight excluding hydrogens is 327 g/mol. The maximum atomic E-state index is 6.29. The molecule has 0 amide bonds. The minimum absolute atomic E-state index is 0.0526. The van der Waals surface area contributed by atoms with Gasteiger partial charge in [-0.3, -0.25) is 4.98 Å². The molecule has 5 nitrogen and oxygen atoms in total. The van der Waals surface area contributed by atoms with Gasteiger partial charge in [0.25, 0.3) is 0 Å². The lowest BCUT2D eigenvalue weighted by atomic mass is 9.74. The number of pyridine rings is 1. The normalized spacial score (nSPS) is 28.7. The van der Waals surface area contributed by atoms with Crippen molar-refractivity contribution in [2.75, 3.05) is 6.79 Å². The van der Waals surface area contributed by atoms with E-state index in [0.29, 0.717) is 34.7 Å². The van der Waals surface area contributed by atoms with Gasteiger partial charge in [-0.2, -0.15) is 0 Å². The Balaban J connectivity index is 1.64. The molecule has 0 radical (unpaired) electrons. The van der Waals surface area contributed by atoms with Crippen LogP contribution in [0.2, 0.25) is 10.0 Å². The average molecular weight is 343 g/mol. The minimum Gasteiger partial charge on any atom is -0.391 e. The molecule has 1 aromatic heterocycles. The molecule has 0 N–H and O–H groups in total. The smallest absolute Gasteiger partial charge is 0.164 e. The highest BCUT2D eigenvalue weighted by Crippen LogP contribution is 2.42. The van der Waals surface area contributed by atoms with Gasteiger partial charge in [-0.1, -0.05) is 34.8 Å². The molecule has 1 aliphatic carbocycles. The van der Waals surface area contributed by atoms with E-state index in [2.05, 4.69) is 10.1 Å². The fraction of sp³-hybridized carbons (Fsp3) is 0.600. The fourth-order valence-corrected chi connectivity index (χ4v) is 3.80. The zero-order chi connectivity index (χ0) is 15.1. The average Bonchev–Trinajstić information content (AvgIpc) is 2.75. The molecule has 1 saturated heterocycles. The van der Waals surface area contributed by atoms with E-state index >= 15 is 0 Å². The molecule has 7 heteroatoms. The van der Waals surface area contributed by atoms with E-state index in [1.54, 1.807) is 12.4 Å². The van der Waals surface area contributed by atoms with Gasteiger partial charge in [0.15, 0.2) is 13.1 Å². The van der Waals surface area contributed by atoms with Crippen LogP contribution in [0.5, 0.6) is 0 Å². The molecule has 4 rings (SSSR count). The Labute approximate surface area is 138 Å². The van der Waals surface area contributed by atoms with Crippen LogP contribution in [0, 0.1) is 11.8 Å². The summed E-state index contributed by atoms with van der Waals surface area (Å²) in [5, 5.41) is 5.29. The molecule has 118 valence electrons. The summed E-state index contributed by atoms with van der Waals surface area (Å²) in [5.41, 5.74) is 1.50. The van der Waals surface area contributed by atoms with E-state index in [0.717, 1.165) is 5.71 Å². The quantitative estimate of drug-likeness (QED) is 0.838. The summed E-state index contributed by atoms with van der Waals surface area (Å²) in [7, 11) is 0. The van der Waals surface area contributed by atoms with Crippen LogP contribution in [-0.2, 0) is 14.3 Å². The Morgan fingerprint density at radius 3 is 2.41 bits per heavy atom. The summed E-state index contributed by atoms with van der Waals surface area (Å²) >= 11 is 12.6. The number of oxime groups is 1. The Kier molecular flexibility index (Phi) is 3.98. The van der Waals surface area contributed by atoms with E-state index in [4.69, 9.17) is 37.5 Å². The number of ether oxygens (including phenoxy) is 2. The van der Waals surface area contributed by atoms with E-state index in [1.807, 2.05) is 0 Å². The Morgan fingerprint density at radius 1 is 1.14 bits per heavy atom. The summed E-state index contributed by atoms with van der Waals surface area (Å²) < 4.78 is 10.8. The van der Waals surface area contributed by atoms with Crippen molar-refractivity contribution in [3.8, 4) is 0 Å². The lowest BCUT2D eigenvalue weighted by molar-refractivity contribution is -0.325. The summed E-state index contributed by atoms with van der Waals surface area (Å²) in [6.45, 7) is 0.357. The van der Waals surface area contributed by atoms with Gasteiger partial charge in [-0.05, 0) is 18.8 Å². The maximum absolute atomic E-state index is 6.29. The zero-order valence-electron chi connectivity index (χ0n) is 11.9. The third-order valence-electron chi connectivity index (χ3n) is 4.70. The molecule has 2 aliphatic heterocycles. The van der Waals surface area contributed by atoms with Gasteiger partial charge < -0.3 is 14.3 Å². The first kappa shape index (κ1) is 14.7. The third-order valence-corrected chi connectivity index (χ3v) is 5.27. The van der Waals surface area contributed by atoms with Crippen LogP contribution in [0.4, 0.5) is 0 Å². The summed E-state index contributed by atoms with van der Waals surface area (Å²) in [4.78, 5) is 9.76. The number of hydrogen-bond donors (Lipinski definition) is 0. The Bertz CT molecular complexity index is 582. The number of hydrogen-bond acceptors (Lipinski definition) is 5. The zero-order valence-corrected chi connectivity index (χ0v) is 13.4. The minimum atomic E-state index is -0.195. The number of aromatic nitrogens is 1. The van der Waals surface area contributed by atoms with Crippen molar-refractivity contribution in [2.45, 2.75) is 38.1 Å². The number of nitrogens with zero attached hydrogens (tertiary/aromatic N) is 2. The molecule has 2 fully saturated rings. The highest BCUT2D eigenvalue weighted by Gasteiger charge is 2.45. The van der Waals surface area contributed by atoms with Crippen LogP contribution in [0.1, 0.15) is 31.2 Å². The highest BCUT2D eigenvalue weighted by atomic mass is 35.5. The first-order valence-electron chi connectivity index (χ1n) is 7.50. The van der Waals surface area contributed by atoms with E-state index < -0.39 is 0 Å². The van der Waals surface area contributed by atoms with Crippen LogP contribution < -0.4 is 0 Å². The monoisotopic (exact) mass is 342 g/mol. The topological polar surface area (TPSA) is 52.9 Å². The van der Waals surface area contributed by atoms with Gasteiger partial charge >= 0.3 is 0 Å². The lowest BCUT2D eigenvalue weighted by Crippen LogP contribution is -2.40. The van der Waals surface area contributed by atoms with Gasteiger partial charge in [0.1, 0.15) is 6.10 Å². The van der Waals surface area contributed by atoms with Gasteiger partial charge in [0.05, 0.1) is 21.7 Å². The van der Waals surface area contributed by atoms with Gasteiger partial charge in [0, 0.05) is 24.4 Å². The van der Waals surface area contributed by atoms with E-state index in [1.165, 1.54) is 19.3 Å². The van der Waals surface area contributed by atoms with Crippen molar-refractivity contribution >= 4 is 28.9 Å². The van der Waals surface area contributed by atoms with Gasteiger partial charge in [-0.15, -0.1) is 0 Å². The molecule has 2 unspecified atom stereocenters. The van der Waals surface area contributed by atoms with Crippen molar-refractivity contribution in [3.05, 3.63) is 28.0 Å². The summed E-state index contributed by atoms with van der Waals surface area (Å²) in [6, 6.07) is 0. The second-order valence-electron chi connectivity index (χ2n) is 5.94. The highest BCUT2D eigenvalue weighted by molar-refractivity contribution is 6.40. The molecule has 2 atom stereocenters. The molecule has 22 heavy (non-hydrogen) atoms. The summed E-state index contributed by atoms with van der Waals surface area (Å²) in [6.07, 6.45) is 7.32. The Hall–Kier alpha value is -0.880. The first-order valence-corrected chi connectivity index (χ1v) is 8.26. The maximum Gasteiger partial charge on any atom is 0.164 e. The fourth-order valence-electron chi connectivity index (χ4n) is 3.24. The van der Waals surface area contributed by atoms with Crippen molar-refractivity contribution < 1.29 is 14.3 Å². The van der Waals surface area contributed by atoms with Gasteiger partial charge in [0.2, 0.25) is 0 Å².